The van der Waals surface area contributed by atoms with Crippen LogP contribution in [0.5, 0.6) is 0 Å². The van der Waals surface area contributed by atoms with Crippen LogP contribution in [0.2, 0.25) is 0 Å². The molecule has 0 spiro atoms. The lowest BCUT2D eigenvalue weighted by Crippen LogP contribution is -2.31. The van der Waals surface area contributed by atoms with Crippen molar-refractivity contribution in [1.82, 2.24) is 4.98 Å². The van der Waals surface area contributed by atoms with Crippen molar-refractivity contribution in [1.29, 1.82) is 0 Å². The van der Waals surface area contributed by atoms with Crippen molar-refractivity contribution in [2.24, 2.45) is 0 Å². The Kier molecular flexibility index (Phi) is 3.80. The van der Waals surface area contributed by atoms with Crippen LogP contribution in [-0.2, 0) is 0 Å². The molecule has 0 radical (unpaired) electrons. The third-order valence-corrected chi connectivity index (χ3v) is 2.91. The number of aromatic amines is 1. The Balaban J connectivity index is 2.34. The summed E-state index contributed by atoms with van der Waals surface area (Å²) in [6, 6.07) is 10.7. The average Bonchev–Trinajstić information content (AvgIpc) is 2.40. The second-order valence-electron chi connectivity index (χ2n) is 4.33. The number of amides is 1. The summed E-state index contributed by atoms with van der Waals surface area (Å²) in [5.74, 6) is -0.121. The topological polar surface area (TPSA) is 53.2 Å². The largest absolute Gasteiger partial charge is 0.328 e. The van der Waals surface area contributed by atoms with Crippen molar-refractivity contribution in [3.63, 3.8) is 0 Å². The van der Waals surface area contributed by atoms with Crippen LogP contribution >= 0.6 is 0 Å². The van der Waals surface area contributed by atoms with Gasteiger partial charge in [-0.15, -0.1) is 0 Å². The number of nitrogens with one attached hydrogen (secondary N) is 1. The molecule has 4 nitrogen and oxygen atoms in total. The van der Waals surface area contributed by atoms with Gasteiger partial charge in [-0.25, -0.2) is 0 Å². The molecule has 0 saturated heterocycles. The fourth-order valence-corrected chi connectivity index (χ4v) is 1.94. The van der Waals surface area contributed by atoms with Gasteiger partial charge in [0.2, 0.25) is 5.56 Å². The van der Waals surface area contributed by atoms with Crippen molar-refractivity contribution in [2.75, 3.05) is 11.4 Å². The molecule has 1 aromatic carbocycles. The van der Waals surface area contributed by atoms with Crippen molar-refractivity contribution in [3.05, 3.63) is 64.1 Å². The molecule has 2 rings (SSSR count). The maximum Gasteiger partial charge on any atom is 0.259 e. The maximum absolute atomic E-state index is 12.4. The third-order valence-electron chi connectivity index (χ3n) is 2.91. The van der Waals surface area contributed by atoms with E-state index in [0.29, 0.717) is 12.1 Å². The Labute approximate surface area is 111 Å². The second-order valence-corrected chi connectivity index (χ2v) is 4.33. The molecule has 0 bridgehead atoms. The van der Waals surface area contributed by atoms with Crippen molar-refractivity contribution >= 4 is 11.6 Å². The second kappa shape index (κ2) is 5.52. The van der Waals surface area contributed by atoms with E-state index in [1.807, 2.05) is 38.1 Å². The Morgan fingerprint density at radius 3 is 2.63 bits per heavy atom. The Morgan fingerprint density at radius 2 is 2.05 bits per heavy atom. The Morgan fingerprint density at radius 1 is 1.26 bits per heavy atom. The minimum absolute atomic E-state index is 0.121. The van der Waals surface area contributed by atoms with E-state index in [4.69, 9.17) is 0 Å². The summed E-state index contributed by atoms with van der Waals surface area (Å²) in [7, 11) is 0. The smallest absolute Gasteiger partial charge is 0.259 e. The molecular formula is C15H16N2O2. The van der Waals surface area contributed by atoms with Crippen LogP contribution < -0.4 is 10.5 Å². The Bertz CT molecular complexity index is 626. The number of rotatable bonds is 3. The molecule has 2 aromatic rings. The van der Waals surface area contributed by atoms with E-state index >= 15 is 0 Å². The van der Waals surface area contributed by atoms with E-state index in [1.165, 1.54) is 12.3 Å². The zero-order chi connectivity index (χ0) is 13.8. The molecule has 1 N–H and O–H groups in total. The molecule has 0 saturated carbocycles. The van der Waals surface area contributed by atoms with Gasteiger partial charge in [0.05, 0.1) is 5.56 Å². The van der Waals surface area contributed by atoms with Gasteiger partial charge in [-0.2, -0.15) is 0 Å². The summed E-state index contributed by atoms with van der Waals surface area (Å²) in [6.07, 6.45) is 1.45. The van der Waals surface area contributed by atoms with Gasteiger partial charge in [0.1, 0.15) is 0 Å². The predicted octanol–water partition coefficient (Wildman–Crippen LogP) is 2.35. The van der Waals surface area contributed by atoms with E-state index in [1.54, 1.807) is 11.0 Å². The zero-order valence-corrected chi connectivity index (χ0v) is 11.0. The molecule has 0 aliphatic carbocycles. The number of H-pyrrole nitrogens is 1. The van der Waals surface area contributed by atoms with Gasteiger partial charge in [-0.3, -0.25) is 9.59 Å². The molecule has 1 aromatic heterocycles. The third kappa shape index (κ3) is 2.91. The van der Waals surface area contributed by atoms with Crippen LogP contribution in [0.25, 0.3) is 0 Å². The number of hydrogen-bond donors (Lipinski definition) is 1. The first-order valence-corrected chi connectivity index (χ1v) is 6.19. The summed E-state index contributed by atoms with van der Waals surface area (Å²) in [5, 5.41) is 0. The zero-order valence-electron chi connectivity index (χ0n) is 11.0. The fourth-order valence-electron chi connectivity index (χ4n) is 1.94. The fraction of sp³-hybridized carbons (Fsp3) is 0.200. The minimum Gasteiger partial charge on any atom is -0.328 e. The van der Waals surface area contributed by atoms with Crippen molar-refractivity contribution in [2.45, 2.75) is 13.8 Å². The molecule has 0 aliphatic heterocycles. The van der Waals surface area contributed by atoms with Crippen LogP contribution in [0.15, 0.2) is 47.4 Å². The Hall–Kier alpha value is -2.36. The first-order valence-electron chi connectivity index (χ1n) is 6.19. The van der Waals surface area contributed by atoms with Crippen LogP contribution in [-0.4, -0.2) is 17.4 Å². The number of anilines is 1. The van der Waals surface area contributed by atoms with Gasteiger partial charge in [0, 0.05) is 24.5 Å². The van der Waals surface area contributed by atoms with Gasteiger partial charge in [-0.1, -0.05) is 12.1 Å². The van der Waals surface area contributed by atoms with Crippen LogP contribution in [0.3, 0.4) is 0 Å². The molecular weight excluding hydrogens is 240 g/mol. The molecule has 0 atom stereocenters. The number of nitrogens with zero attached hydrogens (tertiary/aromatic N) is 1. The van der Waals surface area contributed by atoms with Crippen molar-refractivity contribution in [3.8, 4) is 0 Å². The summed E-state index contributed by atoms with van der Waals surface area (Å²) in [6.45, 7) is 4.48. The summed E-state index contributed by atoms with van der Waals surface area (Å²) in [5.41, 5.74) is 2.22. The van der Waals surface area contributed by atoms with Crippen LogP contribution in [0, 0.1) is 6.92 Å². The highest BCUT2D eigenvalue weighted by atomic mass is 16.2. The highest BCUT2D eigenvalue weighted by Crippen LogP contribution is 2.17. The lowest BCUT2D eigenvalue weighted by atomic mass is 10.2. The number of pyridine rings is 1. The van der Waals surface area contributed by atoms with Gasteiger partial charge in [0.25, 0.3) is 5.91 Å². The molecule has 1 amide bonds. The van der Waals surface area contributed by atoms with Gasteiger partial charge in [-0.05, 0) is 37.6 Å². The van der Waals surface area contributed by atoms with Gasteiger partial charge >= 0.3 is 0 Å². The predicted molar refractivity (Wildman–Crippen MR) is 75.6 cm³/mol. The molecule has 0 unspecified atom stereocenters. The molecule has 98 valence electrons. The highest BCUT2D eigenvalue weighted by molar-refractivity contribution is 6.05. The quantitative estimate of drug-likeness (QED) is 0.916. The van der Waals surface area contributed by atoms with E-state index in [0.717, 1.165) is 11.3 Å². The number of carbonyl (C=O) groups excluding carboxylic acids is 1. The molecule has 0 fully saturated rings. The van der Waals surface area contributed by atoms with Crippen molar-refractivity contribution < 1.29 is 4.79 Å². The van der Waals surface area contributed by atoms with E-state index < -0.39 is 0 Å². The summed E-state index contributed by atoms with van der Waals surface area (Å²) < 4.78 is 0. The standard InChI is InChI=1S/C15H16N2O2/c1-3-17(13-6-4-5-11(2)9-13)15(19)12-7-8-14(18)16-10-12/h4-10H,3H2,1-2H3,(H,16,18). The first kappa shape index (κ1) is 13.1. The lowest BCUT2D eigenvalue weighted by molar-refractivity contribution is 0.0988. The maximum atomic E-state index is 12.4. The lowest BCUT2D eigenvalue weighted by Gasteiger charge is -2.21. The normalized spacial score (nSPS) is 10.2. The first-order chi connectivity index (χ1) is 9.11. The average molecular weight is 256 g/mol. The number of benzene rings is 1. The van der Waals surface area contributed by atoms with Crippen LogP contribution in [0.4, 0.5) is 5.69 Å². The number of hydrogen-bond acceptors (Lipinski definition) is 2. The molecule has 4 heteroatoms. The molecule has 0 aliphatic rings. The summed E-state index contributed by atoms with van der Waals surface area (Å²) >= 11 is 0. The van der Waals surface area contributed by atoms with E-state index in [-0.39, 0.29) is 11.5 Å². The summed E-state index contributed by atoms with van der Waals surface area (Å²) in [4.78, 5) is 27.6. The van der Waals surface area contributed by atoms with E-state index in [2.05, 4.69) is 4.98 Å². The van der Waals surface area contributed by atoms with Gasteiger partial charge in [0.15, 0.2) is 0 Å². The number of aryl methyl sites for hydroxylation is 1. The monoisotopic (exact) mass is 256 g/mol. The van der Waals surface area contributed by atoms with Gasteiger partial charge < -0.3 is 9.88 Å². The molecule has 1 heterocycles. The minimum atomic E-state index is -0.213. The number of aromatic nitrogens is 1. The highest BCUT2D eigenvalue weighted by Gasteiger charge is 2.16. The van der Waals surface area contributed by atoms with E-state index in [9.17, 15) is 9.59 Å². The molecule has 19 heavy (non-hydrogen) atoms. The number of carbonyl (C=O) groups is 1. The van der Waals surface area contributed by atoms with Crippen LogP contribution in [0.1, 0.15) is 22.8 Å². The SMILES string of the molecule is CCN(C(=O)c1ccc(=O)[nH]c1)c1cccc(C)c1.